The second kappa shape index (κ2) is 4.64. The van der Waals surface area contributed by atoms with Gasteiger partial charge in [-0.25, -0.2) is 4.98 Å². The first-order valence-electron chi connectivity index (χ1n) is 3.94. The third-order valence-electron chi connectivity index (χ3n) is 1.33. The van der Waals surface area contributed by atoms with Crippen molar-refractivity contribution in [1.82, 2.24) is 9.97 Å². The summed E-state index contributed by atoms with van der Waals surface area (Å²) in [5, 5.41) is 0. The summed E-state index contributed by atoms with van der Waals surface area (Å²) in [6, 6.07) is 1.30. The van der Waals surface area contributed by atoms with E-state index in [1.807, 2.05) is 0 Å². The third-order valence-corrected chi connectivity index (χ3v) is 1.33. The molecule has 1 aromatic rings. The lowest BCUT2D eigenvalue weighted by Gasteiger charge is -2.01. The van der Waals surface area contributed by atoms with E-state index in [0.29, 0.717) is 6.61 Å². The predicted octanol–water partition coefficient (Wildman–Crippen LogP) is 1.79. The number of unbranched alkanes of at least 4 members (excludes halogenated alkanes) is 1. The molecule has 0 aromatic carbocycles. The number of ether oxygens (including phenoxy) is 1. The van der Waals surface area contributed by atoms with E-state index in [0.717, 1.165) is 12.8 Å². The molecule has 0 radical (unpaired) electrons. The monoisotopic (exact) mass is 170 g/mol. The van der Waals surface area contributed by atoms with E-state index in [-0.39, 0.29) is 6.01 Å². The highest BCUT2D eigenvalue weighted by atomic mass is 19.1. The van der Waals surface area contributed by atoms with Gasteiger partial charge in [-0.05, 0) is 6.42 Å². The van der Waals surface area contributed by atoms with Crippen LogP contribution in [0.25, 0.3) is 0 Å². The fourth-order valence-corrected chi connectivity index (χ4v) is 0.697. The van der Waals surface area contributed by atoms with Crippen LogP contribution >= 0.6 is 0 Å². The Morgan fingerprint density at radius 3 is 3.08 bits per heavy atom. The largest absolute Gasteiger partial charge is 0.463 e. The van der Waals surface area contributed by atoms with E-state index < -0.39 is 5.95 Å². The maximum Gasteiger partial charge on any atom is 0.319 e. The fraction of sp³-hybridized carbons (Fsp3) is 0.500. The van der Waals surface area contributed by atoms with Gasteiger partial charge in [-0.1, -0.05) is 13.3 Å². The van der Waals surface area contributed by atoms with Crippen LogP contribution in [0, 0.1) is 5.95 Å². The molecule has 0 fully saturated rings. The van der Waals surface area contributed by atoms with E-state index in [4.69, 9.17) is 4.74 Å². The number of halogens is 1. The standard InChI is InChI=1S/C8H11FN2O/c1-2-3-6-12-8-10-5-4-7(9)11-8/h4-5H,2-3,6H2,1H3. The SMILES string of the molecule is CCCCOc1nccc(F)n1. The van der Waals surface area contributed by atoms with Crippen LogP contribution in [0.5, 0.6) is 6.01 Å². The molecule has 0 saturated heterocycles. The molecule has 0 amide bonds. The molecule has 4 heteroatoms. The van der Waals surface area contributed by atoms with E-state index in [2.05, 4.69) is 16.9 Å². The van der Waals surface area contributed by atoms with Crippen molar-refractivity contribution in [1.29, 1.82) is 0 Å². The second-order valence-corrected chi connectivity index (χ2v) is 2.36. The Hall–Kier alpha value is -1.19. The molecule has 0 saturated carbocycles. The van der Waals surface area contributed by atoms with Crippen molar-refractivity contribution in [3.63, 3.8) is 0 Å². The summed E-state index contributed by atoms with van der Waals surface area (Å²) >= 11 is 0. The number of nitrogens with zero attached hydrogens (tertiary/aromatic N) is 2. The lowest BCUT2D eigenvalue weighted by atomic mass is 10.4. The van der Waals surface area contributed by atoms with E-state index in [1.165, 1.54) is 12.3 Å². The van der Waals surface area contributed by atoms with Gasteiger partial charge in [0, 0.05) is 12.3 Å². The number of aromatic nitrogens is 2. The maximum absolute atomic E-state index is 12.4. The Balaban J connectivity index is 2.41. The van der Waals surface area contributed by atoms with Crippen LogP contribution in [-0.2, 0) is 0 Å². The van der Waals surface area contributed by atoms with Crippen LogP contribution in [0.2, 0.25) is 0 Å². The predicted molar refractivity (Wildman–Crippen MR) is 42.4 cm³/mol. The number of hydrogen-bond donors (Lipinski definition) is 0. The molecule has 1 rings (SSSR count). The van der Waals surface area contributed by atoms with Crippen molar-refractivity contribution < 1.29 is 9.13 Å². The van der Waals surface area contributed by atoms with E-state index in [9.17, 15) is 4.39 Å². The van der Waals surface area contributed by atoms with Crippen LogP contribution in [-0.4, -0.2) is 16.6 Å². The lowest BCUT2D eigenvalue weighted by molar-refractivity contribution is 0.280. The highest BCUT2D eigenvalue weighted by Gasteiger charge is 1.97. The molecule has 0 aliphatic rings. The quantitative estimate of drug-likeness (QED) is 0.510. The van der Waals surface area contributed by atoms with Crippen molar-refractivity contribution in [2.75, 3.05) is 6.61 Å². The van der Waals surface area contributed by atoms with Crippen LogP contribution in [0.4, 0.5) is 4.39 Å². The highest BCUT2D eigenvalue weighted by molar-refractivity contribution is 4.94. The molecule has 1 aromatic heterocycles. The first-order valence-corrected chi connectivity index (χ1v) is 3.94. The van der Waals surface area contributed by atoms with Gasteiger partial charge >= 0.3 is 6.01 Å². The van der Waals surface area contributed by atoms with E-state index >= 15 is 0 Å². The Labute approximate surface area is 70.6 Å². The Morgan fingerprint density at radius 1 is 1.58 bits per heavy atom. The van der Waals surface area contributed by atoms with Crippen molar-refractivity contribution in [3.05, 3.63) is 18.2 Å². The van der Waals surface area contributed by atoms with Gasteiger partial charge in [0.15, 0.2) is 0 Å². The molecule has 0 aliphatic heterocycles. The van der Waals surface area contributed by atoms with Gasteiger partial charge in [0.1, 0.15) is 0 Å². The van der Waals surface area contributed by atoms with Crippen LogP contribution in [0.1, 0.15) is 19.8 Å². The third kappa shape index (κ3) is 2.82. The fourth-order valence-electron chi connectivity index (χ4n) is 0.697. The van der Waals surface area contributed by atoms with Crippen LogP contribution in [0.3, 0.4) is 0 Å². The summed E-state index contributed by atoms with van der Waals surface area (Å²) in [6.45, 7) is 2.59. The van der Waals surface area contributed by atoms with Gasteiger partial charge in [-0.2, -0.15) is 9.37 Å². The molecule has 0 aliphatic carbocycles. The Morgan fingerprint density at radius 2 is 2.42 bits per heavy atom. The highest BCUT2D eigenvalue weighted by Crippen LogP contribution is 2.01. The Kier molecular flexibility index (Phi) is 3.44. The van der Waals surface area contributed by atoms with Crippen LogP contribution < -0.4 is 4.74 Å². The van der Waals surface area contributed by atoms with Crippen molar-refractivity contribution in [3.8, 4) is 6.01 Å². The van der Waals surface area contributed by atoms with Gasteiger partial charge in [-0.15, -0.1) is 0 Å². The lowest BCUT2D eigenvalue weighted by Crippen LogP contribution is -2.01. The molecule has 12 heavy (non-hydrogen) atoms. The molecular weight excluding hydrogens is 159 g/mol. The molecule has 0 spiro atoms. The smallest absolute Gasteiger partial charge is 0.319 e. The summed E-state index contributed by atoms with van der Waals surface area (Å²) in [5.74, 6) is -0.559. The van der Waals surface area contributed by atoms with Gasteiger partial charge in [0.05, 0.1) is 6.61 Å². The van der Waals surface area contributed by atoms with Crippen molar-refractivity contribution in [2.45, 2.75) is 19.8 Å². The second-order valence-electron chi connectivity index (χ2n) is 2.36. The summed E-state index contributed by atoms with van der Waals surface area (Å²) in [6.07, 6.45) is 3.30. The minimum atomic E-state index is -0.559. The summed E-state index contributed by atoms with van der Waals surface area (Å²) in [4.78, 5) is 7.18. The zero-order valence-corrected chi connectivity index (χ0v) is 6.96. The van der Waals surface area contributed by atoms with Gasteiger partial charge in [0.25, 0.3) is 0 Å². The van der Waals surface area contributed by atoms with Crippen molar-refractivity contribution in [2.24, 2.45) is 0 Å². The zero-order valence-electron chi connectivity index (χ0n) is 6.96. The zero-order chi connectivity index (χ0) is 8.81. The molecule has 0 atom stereocenters. The Bertz CT molecular complexity index is 242. The van der Waals surface area contributed by atoms with Crippen LogP contribution in [0.15, 0.2) is 12.3 Å². The molecule has 0 N–H and O–H groups in total. The first-order chi connectivity index (χ1) is 5.83. The molecule has 1 heterocycles. The average molecular weight is 170 g/mol. The molecular formula is C8H11FN2O. The average Bonchev–Trinajstić information content (AvgIpc) is 2.05. The van der Waals surface area contributed by atoms with E-state index in [1.54, 1.807) is 0 Å². The summed E-state index contributed by atoms with van der Waals surface area (Å²) in [7, 11) is 0. The topological polar surface area (TPSA) is 35.0 Å². The molecule has 0 bridgehead atoms. The molecule has 66 valence electrons. The van der Waals surface area contributed by atoms with Crippen molar-refractivity contribution >= 4 is 0 Å². The number of rotatable bonds is 4. The first kappa shape index (κ1) is 8.90. The minimum Gasteiger partial charge on any atom is -0.463 e. The maximum atomic E-state index is 12.4. The van der Waals surface area contributed by atoms with Gasteiger partial charge in [-0.3, -0.25) is 0 Å². The summed E-state index contributed by atoms with van der Waals surface area (Å²) in [5.41, 5.74) is 0. The van der Waals surface area contributed by atoms with Gasteiger partial charge in [0.2, 0.25) is 5.95 Å². The van der Waals surface area contributed by atoms with Gasteiger partial charge < -0.3 is 4.74 Å². The minimum absolute atomic E-state index is 0.114. The molecule has 3 nitrogen and oxygen atoms in total. The number of hydrogen-bond acceptors (Lipinski definition) is 3. The summed E-state index contributed by atoms with van der Waals surface area (Å²) < 4.78 is 17.5. The molecule has 0 unspecified atom stereocenters. The normalized spacial score (nSPS) is 9.83.